The van der Waals surface area contributed by atoms with Crippen molar-refractivity contribution in [1.82, 2.24) is 0 Å². The lowest BCUT2D eigenvalue weighted by atomic mass is 10.0. The van der Waals surface area contributed by atoms with Gasteiger partial charge < -0.3 is 9.47 Å². The van der Waals surface area contributed by atoms with Gasteiger partial charge in [-0.15, -0.1) is 0 Å². The van der Waals surface area contributed by atoms with Gasteiger partial charge in [0.2, 0.25) is 0 Å². The Morgan fingerprint density at radius 2 is 1.81 bits per heavy atom. The molecule has 21 heavy (non-hydrogen) atoms. The van der Waals surface area contributed by atoms with Gasteiger partial charge in [-0.05, 0) is 36.8 Å². The molecule has 0 aliphatic carbocycles. The highest BCUT2D eigenvalue weighted by atomic mass is 35.5. The van der Waals surface area contributed by atoms with Crippen LogP contribution < -0.4 is 9.47 Å². The summed E-state index contributed by atoms with van der Waals surface area (Å²) < 4.78 is 24.2. The van der Waals surface area contributed by atoms with Crippen molar-refractivity contribution in [2.75, 3.05) is 13.2 Å². The van der Waals surface area contributed by atoms with Gasteiger partial charge in [-0.3, -0.25) is 4.79 Å². The molecule has 108 valence electrons. The third kappa shape index (κ3) is 2.59. The van der Waals surface area contributed by atoms with Gasteiger partial charge >= 0.3 is 0 Å². The molecule has 3 rings (SSSR count). The smallest absolute Gasteiger partial charge is 0.194 e. The highest BCUT2D eigenvalue weighted by Crippen LogP contribution is 2.36. The molecule has 0 spiro atoms. The van der Waals surface area contributed by atoms with E-state index in [1.54, 1.807) is 19.1 Å². The zero-order valence-corrected chi connectivity index (χ0v) is 12.0. The molecule has 0 fully saturated rings. The second-order valence-corrected chi connectivity index (χ2v) is 5.18. The van der Waals surface area contributed by atoms with Crippen LogP contribution in [0.25, 0.3) is 0 Å². The predicted octanol–water partition coefficient (Wildman–Crippen LogP) is 3.79. The molecule has 5 heteroatoms. The van der Waals surface area contributed by atoms with E-state index in [9.17, 15) is 9.18 Å². The minimum absolute atomic E-state index is 0.278. The average molecular weight is 307 g/mol. The lowest BCUT2D eigenvalue weighted by Gasteiger charge is -2.19. The molecule has 0 unspecified atom stereocenters. The molecule has 0 bridgehead atoms. The minimum Gasteiger partial charge on any atom is -0.486 e. The summed E-state index contributed by atoms with van der Waals surface area (Å²) in [6.07, 6.45) is 0. The first-order valence-corrected chi connectivity index (χ1v) is 6.84. The topological polar surface area (TPSA) is 35.5 Å². The van der Waals surface area contributed by atoms with Crippen molar-refractivity contribution in [2.45, 2.75) is 6.92 Å². The highest BCUT2D eigenvalue weighted by Gasteiger charge is 2.20. The van der Waals surface area contributed by atoms with Crippen LogP contribution in [0, 0.1) is 12.7 Å². The number of hydrogen-bond acceptors (Lipinski definition) is 3. The quantitative estimate of drug-likeness (QED) is 0.792. The number of halogens is 2. The molecule has 0 amide bonds. The average Bonchev–Trinajstić information content (AvgIpc) is 2.48. The van der Waals surface area contributed by atoms with Crippen molar-refractivity contribution in [3.8, 4) is 11.5 Å². The Hall–Kier alpha value is -2.07. The lowest BCUT2D eigenvalue weighted by Crippen LogP contribution is -2.16. The van der Waals surface area contributed by atoms with Gasteiger partial charge in [0.1, 0.15) is 19.0 Å². The number of carbonyl (C=O) groups excluding carboxylic acids is 1. The number of rotatable bonds is 2. The van der Waals surface area contributed by atoms with Crippen LogP contribution in [0.5, 0.6) is 11.5 Å². The maximum atomic E-state index is 13.3. The Balaban J connectivity index is 2.03. The minimum atomic E-state index is -0.347. The maximum absolute atomic E-state index is 13.3. The van der Waals surface area contributed by atoms with E-state index in [1.165, 1.54) is 18.2 Å². The van der Waals surface area contributed by atoms with E-state index in [4.69, 9.17) is 21.1 Å². The number of benzene rings is 2. The van der Waals surface area contributed by atoms with E-state index in [-0.39, 0.29) is 16.6 Å². The van der Waals surface area contributed by atoms with E-state index in [0.29, 0.717) is 41.4 Å². The third-order valence-corrected chi connectivity index (χ3v) is 3.61. The zero-order chi connectivity index (χ0) is 15.0. The van der Waals surface area contributed by atoms with Gasteiger partial charge in [0.25, 0.3) is 0 Å². The fraction of sp³-hybridized carbons (Fsp3) is 0.188. The number of carbonyl (C=O) groups is 1. The van der Waals surface area contributed by atoms with Crippen LogP contribution in [0.3, 0.4) is 0 Å². The van der Waals surface area contributed by atoms with Crippen LogP contribution in [0.4, 0.5) is 4.39 Å². The van der Waals surface area contributed by atoms with E-state index >= 15 is 0 Å². The van der Waals surface area contributed by atoms with E-state index in [1.807, 2.05) is 0 Å². The first-order valence-electron chi connectivity index (χ1n) is 6.46. The molecule has 1 aliphatic heterocycles. The van der Waals surface area contributed by atoms with Crippen molar-refractivity contribution in [3.63, 3.8) is 0 Å². The summed E-state index contributed by atoms with van der Waals surface area (Å²) in [5, 5.41) is 0.284. The molecule has 2 aromatic rings. The molecule has 0 radical (unpaired) electrons. The molecule has 3 nitrogen and oxygen atoms in total. The summed E-state index contributed by atoms with van der Waals surface area (Å²) in [5.74, 6) is 0.394. The summed E-state index contributed by atoms with van der Waals surface area (Å²) in [6.45, 7) is 2.49. The molecular weight excluding hydrogens is 295 g/mol. The third-order valence-electron chi connectivity index (χ3n) is 3.30. The summed E-state index contributed by atoms with van der Waals surface area (Å²) in [5.41, 5.74) is 1.11. The standard InChI is InChI=1S/C16H12ClFO3/c1-9-6-10(2-3-13(9)18)16(19)11-7-14-15(8-12(11)17)21-5-4-20-14/h2-3,6-8H,4-5H2,1H3. The Morgan fingerprint density at radius 1 is 1.14 bits per heavy atom. The number of aryl methyl sites for hydroxylation is 1. The van der Waals surface area contributed by atoms with Crippen molar-refractivity contribution in [3.05, 3.63) is 57.9 Å². The Kier molecular flexibility index (Phi) is 3.55. The van der Waals surface area contributed by atoms with Crippen LogP contribution in [0.2, 0.25) is 5.02 Å². The number of fused-ring (bicyclic) bond motifs is 1. The summed E-state index contributed by atoms with van der Waals surface area (Å²) in [7, 11) is 0. The molecule has 1 aliphatic rings. The van der Waals surface area contributed by atoms with Gasteiger partial charge in [-0.2, -0.15) is 0 Å². The Morgan fingerprint density at radius 3 is 2.48 bits per heavy atom. The number of ether oxygens (including phenoxy) is 2. The fourth-order valence-corrected chi connectivity index (χ4v) is 2.42. The molecule has 0 aromatic heterocycles. The van der Waals surface area contributed by atoms with E-state index in [2.05, 4.69) is 0 Å². The zero-order valence-electron chi connectivity index (χ0n) is 11.3. The van der Waals surface area contributed by atoms with Crippen LogP contribution in [0.15, 0.2) is 30.3 Å². The monoisotopic (exact) mass is 306 g/mol. The summed E-state index contributed by atoms with van der Waals surface area (Å²) in [4.78, 5) is 12.5. The van der Waals surface area contributed by atoms with Crippen molar-refractivity contribution >= 4 is 17.4 Å². The van der Waals surface area contributed by atoms with Gasteiger partial charge in [0.05, 0.1) is 5.02 Å². The van der Waals surface area contributed by atoms with E-state index in [0.717, 1.165) is 0 Å². The molecule has 0 saturated carbocycles. The summed E-state index contributed by atoms with van der Waals surface area (Å²) in [6, 6.07) is 7.36. The SMILES string of the molecule is Cc1cc(C(=O)c2cc3c(cc2Cl)OCCO3)ccc1F. The highest BCUT2D eigenvalue weighted by molar-refractivity contribution is 6.35. The van der Waals surface area contributed by atoms with Crippen molar-refractivity contribution in [1.29, 1.82) is 0 Å². The largest absolute Gasteiger partial charge is 0.486 e. The van der Waals surface area contributed by atoms with Gasteiger partial charge in [-0.1, -0.05) is 11.6 Å². The van der Waals surface area contributed by atoms with Gasteiger partial charge in [0.15, 0.2) is 17.3 Å². The Labute approximate surface area is 126 Å². The van der Waals surface area contributed by atoms with Gasteiger partial charge in [-0.25, -0.2) is 4.39 Å². The van der Waals surface area contributed by atoms with E-state index < -0.39 is 0 Å². The molecule has 2 aromatic carbocycles. The molecule has 0 saturated heterocycles. The molecule has 0 atom stereocenters. The molecule has 1 heterocycles. The second kappa shape index (κ2) is 5.37. The van der Waals surface area contributed by atoms with Crippen LogP contribution >= 0.6 is 11.6 Å². The molecule has 0 N–H and O–H groups in total. The van der Waals surface area contributed by atoms with Gasteiger partial charge in [0, 0.05) is 17.2 Å². The molecular formula is C16H12ClFO3. The second-order valence-electron chi connectivity index (χ2n) is 4.77. The van der Waals surface area contributed by atoms with Crippen LogP contribution in [0.1, 0.15) is 21.5 Å². The van der Waals surface area contributed by atoms with Crippen molar-refractivity contribution in [2.24, 2.45) is 0 Å². The van der Waals surface area contributed by atoms with Crippen molar-refractivity contribution < 1.29 is 18.7 Å². The first kappa shape index (κ1) is 13.9. The predicted molar refractivity (Wildman–Crippen MR) is 77.0 cm³/mol. The maximum Gasteiger partial charge on any atom is 0.194 e. The number of hydrogen-bond donors (Lipinski definition) is 0. The number of ketones is 1. The lowest BCUT2D eigenvalue weighted by molar-refractivity contribution is 0.103. The fourth-order valence-electron chi connectivity index (χ4n) is 2.18. The van der Waals surface area contributed by atoms with Crippen LogP contribution in [-0.2, 0) is 0 Å². The van der Waals surface area contributed by atoms with Crippen LogP contribution in [-0.4, -0.2) is 19.0 Å². The summed E-state index contributed by atoms with van der Waals surface area (Å²) >= 11 is 6.15. The first-order chi connectivity index (χ1) is 10.1. The normalized spacial score (nSPS) is 13.1. The Bertz CT molecular complexity index is 728.